The fourth-order valence-corrected chi connectivity index (χ4v) is 1.06. The van der Waals surface area contributed by atoms with E-state index in [1.807, 2.05) is 0 Å². The van der Waals surface area contributed by atoms with Crippen molar-refractivity contribution in [3.05, 3.63) is 12.7 Å². The molecule has 0 aromatic heterocycles. The van der Waals surface area contributed by atoms with Crippen molar-refractivity contribution in [2.75, 3.05) is 0 Å². The quantitative estimate of drug-likeness (QED) is 0.346. The highest BCUT2D eigenvalue weighted by Crippen LogP contribution is 2.20. The minimum Gasteiger partial charge on any atom is -0.393 e. The molecule has 3 nitrogen and oxygen atoms in total. The van der Waals surface area contributed by atoms with Crippen LogP contribution >= 0.6 is 0 Å². The molecule has 0 spiro atoms. The van der Waals surface area contributed by atoms with Crippen molar-refractivity contribution in [1.29, 1.82) is 0 Å². The Hall–Kier alpha value is -1.12. The molecule has 0 aliphatic carbocycles. The Bertz CT molecular complexity index is 196. The smallest absolute Gasteiger partial charge is 0.317 e. The molecule has 0 aromatic rings. The molecule has 60 valence electrons. The lowest BCUT2D eigenvalue weighted by Gasteiger charge is -1.98. The van der Waals surface area contributed by atoms with Crippen LogP contribution < -0.4 is 0 Å². The van der Waals surface area contributed by atoms with Crippen LogP contribution in [0.1, 0.15) is 19.3 Å². The lowest BCUT2D eigenvalue weighted by atomic mass is 10.0. The van der Waals surface area contributed by atoms with Gasteiger partial charge in [-0.1, -0.05) is 6.08 Å². The Labute approximate surface area is 65.0 Å². The van der Waals surface area contributed by atoms with Crippen LogP contribution in [-0.2, 0) is 14.3 Å². The van der Waals surface area contributed by atoms with Gasteiger partial charge in [0.2, 0.25) is 0 Å². The van der Waals surface area contributed by atoms with E-state index in [2.05, 4.69) is 11.3 Å². The van der Waals surface area contributed by atoms with Crippen LogP contribution in [0.25, 0.3) is 0 Å². The SMILES string of the molecule is C=CCCC1CC(=O)OC1=O. The minimum atomic E-state index is -0.399. The highest BCUT2D eigenvalue weighted by atomic mass is 16.6. The van der Waals surface area contributed by atoms with E-state index < -0.39 is 5.97 Å². The molecule has 0 bridgehead atoms. The molecule has 0 amide bonds. The lowest BCUT2D eigenvalue weighted by Crippen LogP contribution is -2.06. The number of carbonyl (C=O) groups excluding carboxylic acids is 2. The van der Waals surface area contributed by atoms with Gasteiger partial charge in [0, 0.05) is 0 Å². The molecule has 0 aromatic carbocycles. The van der Waals surface area contributed by atoms with Gasteiger partial charge in [-0.05, 0) is 12.8 Å². The van der Waals surface area contributed by atoms with Gasteiger partial charge in [-0.3, -0.25) is 9.59 Å². The van der Waals surface area contributed by atoms with Gasteiger partial charge in [-0.25, -0.2) is 0 Å². The molecule has 1 heterocycles. The average molecular weight is 154 g/mol. The van der Waals surface area contributed by atoms with Crippen LogP contribution in [0, 0.1) is 5.92 Å². The van der Waals surface area contributed by atoms with Crippen LogP contribution in [0.15, 0.2) is 12.7 Å². The van der Waals surface area contributed by atoms with Crippen molar-refractivity contribution < 1.29 is 14.3 Å². The molecule has 11 heavy (non-hydrogen) atoms. The Morgan fingerprint density at radius 2 is 2.36 bits per heavy atom. The summed E-state index contributed by atoms with van der Waals surface area (Å²) >= 11 is 0. The molecule has 0 saturated carbocycles. The minimum absolute atomic E-state index is 0.222. The van der Waals surface area contributed by atoms with Gasteiger partial charge in [-0.2, -0.15) is 0 Å². The first-order chi connectivity index (χ1) is 5.24. The maximum absolute atomic E-state index is 10.8. The Morgan fingerprint density at radius 1 is 1.64 bits per heavy atom. The van der Waals surface area contributed by atoms with Crippen molar-refractivity contribution in [1.82, 2.24) is 0 Å². The van der Waals surface area contributed by atoms with Gasteiger partial charge >= 0.3 is 11.9 Å². The van der Waals surface area contributed by atoms with E-state index in [-0.39, 0.29) is 18.3 Å². The van der Waals surface area contributed by atoms with Crippen molar-refractivity contribution in [3.63, 3.8) is 0 Å². The van der Waals surface area contributed by atoms with Gasteiger partial charge in [0.25, 0.3) is 0 Å². The van der Waals surface area contributed by atoms with E-state index >= 15 is 0 Å². The second kappa shape index (κ2) is 3.32. The number of hydrogen-bond acceptors (Lipinski definition) is 3. The highest BCUT2D eigenvalue weighted by Gasteiger charge is 2.32. The number of hydrogen-bond donors (Lipinski definition) is 0. The van der Waals surface area contributed by atoms with Gasteiger partial charge in [0.1, 0.15) is 0 Å². The van der Waals surface area contributed by atoms with E-state index in [4.69, 9.17) is 0 Å². The van der Waals surface area contributed by atoms with E-state index in [1.165, 1.54) is 0 Å². The summed E-state index contributed by atoms with van der Waals surface area (Å²) in [4.78, 5) is 21.4. The molecule has 1 aliphatic rings. The first-order valence-electron chi connectivity index (χ1n) is 3.59. The fraction of sp³-hybridized carbons (Fsp3) is 0.500. The number of allylic oxidation sites excluding steroid dienone is 1. The van der Waals surface area contributed by atoms with Crippen LogP contribution in [0.4, 0.5) is 0 Å². The third kappa shape index (κ3) is 1.90. The van der Waals surface area contributed by atoms with E-state index in [1.54, 1.807) is 6.08 Å². The molecule has 1 unspecified atom stereocenters. The highest BCUT2D eigenvalue weighted by molar-refractivity contribution is 5.94. The topological polar surface area (TPSA) is 43.4 Å². The lowest BCUT2D eigenvalue weighted by molar-refractivity contribution is -0.153. The molecule has 0 radical (unpaired) electrons. The van der Waals surface area contributed by atoms with Crippen molar-refractivity contribution in [2.24, 2.45) is 5.92 Å². The number of carbonyl (C=O) groups is 2. The second-order valence-corrected chi connectivity index (χ2v) is 2.56. The van der Waals surface area contributed by atoms with Gasteiger partial charge in [-0.15, -0.1) is 6.58 Å². The number of esters is 2. The summed E-state index contributed by atoms with van der Waals surface area (Å²) in [7, 11) is 0. The molecule has 1 fully saturated rings. The molecule has 1 rings (SSSR count). The monoisotopic (exact) mass is 154 g/mol. The standard InChI is InChI=1S/C8H10O3/c1-2-3-4-6-5-7(9)11-8(6)10/h2,6H,1,3-5H2. The average Bonchev–Trinajstić information content (AvgIpc) is 2.26. The zero-order valence-corrected chi connectivity index (χ0v) is 6.21. The zero-order valence-electron chi connectivity index (χ0n) is 6.21. The third-order valence-electron chi connectivity index (χ3n) is 1.68. The van der Waals surface area contributed by atoms with Crippen molar-refractivity contribution in [3.8, 4) is 0 Å². The first-order valence-corrected chi connectivity index (χ1v) is 3.59. The first kappa shape index (κ1) is 7.98. The normalized spacial score (nSPS) is 23.5. The zero-order chi connectivity index (χ0) is 8.27. The summed E-state index contributed by atoms with van der Waals surface area (Å²) in [6.45, 7) is 3.53. The van der Waals surface area contributed by atoms with Crippen LogP contribution in [0.3, 0.4) is 0 Å². The number of ether oxygens (including phenoxy) is 1. The van der Waals surface area contributed by atoms with Crippen LogP contribution in [0.5, 0.6) is 0 Å². The second-order valence-electron chi connectivity index (χ2n) is 2.56. The largest absolute Gasteiger partial charge is 0.393 e. The Balaban J connectivity index is 2.40. The molecule has 1 aliphatic heterocycles. The van der Waals surface area contributed by atoms with E-state index in [9.17, 15) is 9.59 Å². The summed E-state index contributed by atoms with van der Waals surface area (Å²) in [5, 5.41) is 0. The Morgan fingerprint density at radius 3 is 2.82 bits per heavy atom. The maximum atomic E-state index is 10.8. The molecule has 1 saturated heterocycles. The summed E-state index contributed by atoms with van der Waals surface area (Å²) in [6.07, 6.45) is 3.41. The van der Waals surface area contributed by atoms with Gasteiger partial charge in [0.15, 0.2) is 0 Å². The van der Waals surface area contributed by atoms with Crippen molar-refractivity contribution >= 4 is 11.9 Å². The molecular formula is C8H10O3. The Kier molecular flexibility index (Phi) is 2.41. The van der Waals surface area contributed by atoms with E-state index in [0.717, 1.165) is 6.42 Å². The molecule has 0 N–H and O–H groups in total. The predicted octanol–water partition coefficient (Wildman–Crippen LogP) is 1.04. The van der Waals surface area contributed by atoms with Gasteiger partial charge in [0.05, 0.1) is 12.3 Å². The third-order valence-corrected chi connectivity index (χ3v) is 1.68. The van der Waals surface area contributed by atoms with Crippen LogP contribution in [-0.4, -0.2) is 11.9 Å². The fourth-order valence-electron chi connectivity index (χ4n) is 1.06. The molecule has 1 atom stereocenters. The van der Waals surface area contributed by atoms with Crippen LogP contribution in [0.2, 0.25) is 0 Å². The van der Waals surface area contributed by atoms with Crippen molar-refractivity contribution in [2.45, 2.75) is 19.3 Å². The van der Waals surface area contributed by atoms with Gasteiger partial charge < -0.3 is 4.74 Å². The molecular weight excluding hydrogens is 144 g/mol. The summed E-state index contributed by atoms with van der Waals surface area (Å²) in [5.74, 6) is -0.999. The predicted molar refractivity (Wildman–Crippen MR) is 38.6 cm³/mol. The number of cyclic esters (lactones) is 2. The summed E-state index contributed by atoms with van der Waals surface area (Å²) in [6, 6.07) is 0. The number of rotatable bonds is 3. The maximum Gasteiger partial charge on any atom is 0.317 e. The summed E-state index contributed by atoms with van der Waals surface area (Å²) < 4.78 is 4.36. The summed E-state index contributed by atoms with van der Waals surface area (Å²) in [5.41, 5.74) is 0. The van der Waals surface area contributed by atoms with E-state index in [0.29, 0.717) is 6.42 Å². The molecule has 3 heteroatoms.